The Labute approximate surface area is 380 Å². The van der Waals surface area contributed by atoms with Crippen LogP contribution >= 0.6 is 0 Å². The Bertz CT molecular complexity index is 951. The van der Waals surface area contributed by atoms with Gasteiger partial charge < -0.3 is 20.3 Å². The number of unbranched alkanes of at least 4 members (excludes halogenated alkanes) is 37. The monoisotopic (exact) mass is 860 g/mol. The van der Waals surface area contributed by atoms with Crippen molar-refractivity contribution in [1.82, 2.24) is 5.32 Å². The Kier molecular flexibility index (Phi) is 49.6. The molecule has 0 bridgehead atoms. The number of hydrogen-bond donors (Lipinski definition) is 3. The van der Waals surface area contributed by atoms with Crippen LogP contribution in [0.4, 0.5) is 0 Å². The molecule has 3 N–H and O–H groups in total. The average Bonchev–Trinajstić information content (AvgIpc) is 3.26. The summed E-state index contributed by atoms with van der Waals surface area (Å²) >= 11 is 0. The van der Waals surface area contributed by atoms with Crippen molar-refractivity contribution in [2.24, 2.45) is 0 Å². The van der Waals surface area contributed by atoms with E-state index in [0.717, 1.165) is 57.8 Å². The highest BCUT2D eigenvalue weighted by molar-refractivity contribution is 5.76. The summed E-state index contributed by atoms with van der Waals surface area (Å²) in [5, 5.41) is 23.1. The van der Waals surface area contributed by atoms with Crippen molar-refractivity contribution < 1.29 is 24.5 Å². The lowest BCUT2D eigenvalue weighted by Crippen LogP contribution is -2.45. The highest BCUT2D eigenvalue weighted by atomic mass is 16.5. The molecule has 0 rings (SSSR count). The Balaban J connectivity index is 3.47. The number of aliphatic hydroxyl groups is 2. The molecule has 0 aliphatic rings. The van der Waals surface area contributed by atoms with Crippen LogP contribution in [0.5, 0.6) is 0 Å². The summed E-state index contributed by atoms with van der Waals surface area (Å²) in [7, 11) is 0. The van der Waals surface area contributed by atoms with Gasteiger partial charge in [-0.2, -0.15) is 0 Å². The summed E-state index contributed by atoms with van der Waals surface area (Å²) in [5.41, 5.74) is 0. The number of nitrogens with one attached hydrogen (secondary N) is 1. The number of rotatable bonds is 50. The molecule has 0 spiro atoms. The van der Waals surface area contributed by atoms with Gasteiger partial charge in [0.05, 0.1) is 25.4 Å². The van der Waals surface area contributed by atoms with Crippen LogP contribution in [0.3, 0.4) is 0 Å². The van der Waals surface area contributed by atoms with Gasteiger partial charge in [-0.3, -0.25) is 9.59 Å². The van der Waals surface area contributed by atoms with E-state index in [9.17, 15) is 19.8 Å². The number of carbonyl (C=O) groups excluding carboxylic acids is 2. The summed E-state index contributed by atoms with van der Waals surface area (Å²) in [6, 6.07) is -0.634. The van der Waals surface area contributed by atoms with Crippen molar-refractivity contribution in [1.29, 1.82) is 0 Å². The van der Waals surface area contributed by atoms with E-state index in [1.165, 1.54) is 205 Å². The third kappa shape index (κ3) is 47.7. The van der Waals surface area contributed by atoms with Crippen molar-refractivity contribution in [3.05, 3.63) is 24.3 Å². The zero-order valence-corrected chi connectivity index (χ0v) is 40.9. The molecule has 2 atom stereocenters. The Morgan fingerprint density at radius 3 is 1.16 bits per heavy atom. The SMILES string of the molecule is CCCCCCC/C=C\CCCCCCCC(=O)OCCCCCCCCCCCCCCCCCC(=O)NC(CO)C(O)/C=C/CCCCCCCCCCCCCCC. The second-order valence-corrected chi connectivity index (χ2v) is 18.6. The molecule has 0 aromatic rings. The fourth-order valence-corrected chi connectivity index (χ4v) is 8.27. The number of ether oxygens (including phenoxy) is 1. The first-order chi connectivity index (χ1) is 30.0. The first kappa shape index (κ1) is 59.3. The third-order valence-corrected chi connectivity index (χ3v) is 12.5. The van der Waals surface area contributed by atoms with Crippen LogP contribution in [-0.2, 0) is 14.3 Å². The molecule has 1 amide bonds. The second-order valence-electron chi connectivity index (χ2n) is 18.6. The summed E-state index contributed by atoms with van der Waals surface area (Å²) in [5.74, 6) is -0.0851. The van der Waals surface area contributed by atoms with Gasteiger partial charge in [-0.05, 0) is 57.8 Å². The quantitative estimate of drug-likeness (QED) is 0.0322. The van der Waals surface area contributed by atoms with Crippen LogP contribution < -0.4 is 5.32 Å². The summed E-state index contributed by atoms with van der Waals surface area (Å²) < 4.78 is 5.46. The fraction of sp³-hybridized carbons (Fsp3) is 0.891. The first-order valence-corrected chi connectivity index (χ1v) is 27.1. The van der Waals surface area contributed by atoms with E-state index < -0.39 is 12.1 Å². The zero-order valence-electron chi connectivity index (χ0n) is 40.9. The van der Waals surface area contributed by atoms with Gasteiger partial charge in [0.2, 0.25) is 5.91 Å². The molecule has 360 valence electrons. The average molecular weight is 860 g/mol. The van der Waals surface area contributed by atoms with E-state index in [1.807, 2.05) is 6.08 Å². The van der Waals surface area contributed by atoms with Gasteiger partial charge in [0.15, 0.2) is 0 Å². The first-order valence-electron chi connectivity index (χ1n) is 27.1. The lowest BCUT2D eigenvalue weighted by Gasteiger charge is -2.20. The molecule has 0 aromatic carbocycles. The fourth-order valence-electron chi connectivity index (χ4n) is 8.27. The summed E-state index contributed by atoms with van der Waals surface area (Å²) in [4.78, 5) is 24.5. The van der Waals surface area contributed by atoms with Crippen LogP contribution in [0.25, 0.3) is 0 Å². The minimum atomic E-state index is -0.850. The van der Waals surface area contributed by atoms with Gasteiger partial charge in [0, 0.05) is 12.8 Å². The van der Waals surface area contributed by atoms with Crippen molar-refractivity contribution in [2.45, 2.75) is 302 Å². The molecule has 0 fully saturated rings. The van der Waals surface area contributed by atoms with E-state index in [-0.39, 0.29) is 18.5 Å². The lowest BCUT2D eigenvalue weighted by atomic mass is 10.0. The van der Waals surface area contributed by atoms with Crippen LogP contribution in [0, 0.1) is 0 Å². The highest BCUT2D eigenvalue weighted by Crippen LogP contribution is 2.16. The second kappa shape index (κ2) is 51.0. The molecule has 0 saturated carbocycles. The van der Waals surface area contributed by atoms with Crippen molar-refractivity contribution in [3.8, 4) is 0 Å². The maximum Gasteiger partial charge on any atom is 0.305 e. The highest BCUT2D eigenvalue weighted by Gasteiger charge is 2.18. The number of esters is 1. The molecule has 0 aliphatic heterocycles. The Hall–Kier alpha value is -1.66. The van der Waals surface area contributed by atoms with Gasteiger partial charge in [0.1, 0.15) is 0 Å². The molecule has 0 saturated heterocycles. The molecule has 6 heteroatoms. The van der Waals surface area contributed by atoms with Crippen LogP contribution in [-0.4, -0.2) is 47.4 Å². The minimum absolute atomic E-state index is 0.00906. The van der Waals surface area contributed by atoms with E-state index in [4.69, 9.17) is 4.74 Å². The van der Waals surface area contributed by atoms with Gasteiger partial charge >= 0.3 is 5.97 Å². The number of carbonyl (C=O) groups is 2. The molecule has 0 radical (unpaired) electrons. The third-order valence-electron chi connectivity index (χ3n) is 12.5. The Morgan fingerprint density at radius 2 is 0.770 bits per heavy atom. The van der Waals surface area contributed by atoms with Gasteiger partial charge in [-0.15, -0.1) is 0 Å². The summed E-state index contributed by atoms with van der Waals surface area (Å²) in [6.45, 7) is 4.88. The maximum atomic E-state index is 12.4. The molecule has 2 unspecified atom stereocenters. The molecule has 0 aromatic heterocycles. The predicted octanol–water partition coefficient (Wildman–Crippen LogP) is 16.3. The zero-order chi connectivity index (χ0) is 44.4. The van der Waals surface area contributed by atoms with E-state index in [0.29, 0.717) is 19.4 Å². The topological polar surface area (TPSA) is 95.9 Å². The van der Waals surface area contributed by atoms with Crippen molar-refractivity contribution in [3.63, 3.8) is 0 Å². The molecule has 61 heavy (non-hydrogen) atoms. The van der Waals surface area contributed by atoms with E-state index in [1.54, 1.807) is 6.08 Å². The number of hydrogen-bond acceptors (Lipinski definition) is 5. The van der Waals surface area contributed by atoms with Gasteiger partial charge in [-0.1, -0.05) is 244 Å². The molecule has 0 heterocycles. The van der Waals surface area contributed by atoms with E-state index in [2.05, 4.69) is 31.3 Å². The van der Waals surface area contributed by atoms with Crippen LogP contribution in [0.2, 0.25) is 0 Å². The molecular weight excluding hydrogens is 755 g/mol. The largest absolute Gasteiger partial charge is 0.466 e. The maximum absolute atomic E-state index is 12.4. The van der Waals surface area contributed by atoms with Crippen LogP contribution in [0.1, 0.15) is 290 Å². The molecular formula is C55H105NO5. The molecule has 0 aliphatic carbocycles. The predicted molar refractivity (Wildman–Crippen MR) is 264 cm³/mol. The normalized spacial score (nSPS) is 12.8. The smallest absolute Gasteiger partial charge is 0.305 e. The Morgan fingerprint density at radius 1 is 0.443 bits per heavy atom. The summed E-state index contributed by atoms with van der Waals surface area (Å²) in [6.07, 6.45) is 60.3. The molecule has 6 nitrogen and oxygen atoms in total. The number of allylic oxidation sites excluding steroid dienone is 3. The van der Waals surface area contributed by atoms with Gasteiger partial charge in [0.25, 0.3) is 0 Å². The van der Waals surface area contributed by atoms with Crippen LogP contribution in [0.15, 0.2) is 24.3 Å². The van der Waals surface area contributed by atoms with E-state index >= 15 is 0 Å². The number of aliphatic hydroxyl groups excluding tert-OH is 2. The van der Waals surface area contributed by atoms with Crippen molar-refractivity contribution in [2.75, 3.05) is 13.2 Å². The van der Waals surface area contributed by atoms with Crippen molar-refractivity contribution >= 4 is 11.9 Å². The van der Waals surface area contributed by atoms with Gasteiger partial charge in [-0.25, -0.2) is 0 Å². The minimum Gasteiger partial charge on any atom is -0.466 e. The number of amides is 1. The standard InChI is InChI=1S/C55H105NO5/c1-3-5-7-9-11-13-15-17-20-23-27-31-35-39-43-47-53(58)52(51-57)56-54(59)48-44-40-36-32-28-24-21-19-22-26-30-34-38-42-46-50-61-55(60)49-45-41-37-33-29-25-18-16-14-12-10-8-6-4-2/h16,18,43,47,52-53,57-58H,3-15,17,19-42,44-46,48-51H2,1-2H3,(H,56,59)/b18-16-,47-43+. The lowest BCUT2D eigenvalue weighted by molar-refractivity contribution is -0.143.